The van der Waals surface area contributed by atoms with E-state index >= 15 is 0 Å². The van der Waals surface area contributed by atoms with Crippen LogP contribution in [0.4, 0.5) is 4.79 Å². The first kappa shape index (κ1) is 15.5. The molecule has 0 aliphatic rings. The minimum Gasteiger partial charge on any atom is -0.334 e. The summed E-state index contributed by atoms with van der Waals surface area (Å²) in [5.74, 6) is 0. The van der Waals surface area contributed by atoms with Gasteiger partial charge in [0.2, 0.25) is 0 Å². The van der Waals surface area contributed by atoms with Gasteiger partial charge < -0.3 is 16.0 Å². The van der Waals surface area contributed by atoms with Gasteiger partial charge in [-0.2, -0.15) is 0 Å². The van der Waals surface area contributed by atoms with Gasteiger partial charge in [-0.1, -0.05) is 44.2 Å². The van der Waals surface area contributed by atoms with Crippen LogP contribution in [0.3, 0.4) is 0 Å². The van der Waals surface area contributed by atoms with Crippen molar-refractivity contribution in [1.29, 1.82) is 0 Å². The third kappa shape index (κ3) is 3.70. The highest BCUT2D eigenvalue weighted by Crippen LogP contribution is 2.21. The van der Waals surface area contributed by atoms with E-state index < -0.39 is 0 Å². The summed E-state index contributed by atoms with van der Waals surface area (Å²) >= 11 is 0. The minimum atomic E-state index is -0.249. The molecule has 0 aliphatic carbocycles. The number of nitrogens with two attached hydrogens (primary N) is 1. The van der Waals surface area contributed by atoms with Crippen molar-refractivity contribution in [1.82, 2.24) is 10.2 Å². The fourth-order valence-electron chi connectivity index (χ4n) is 2.26. The number of amides is 2. The van der Waals surface area contributed by atoms with Crippen LogP contribution in [0.25, 0.3) is 0 Å². The van der Waals surface area contributed by atoms with E-state index in [2.05, 4.69) is 19.2 Å². The Balaban J connectivity index is 2.62. The molecule has 2 amide bonds. The Bertz CT molecular complexity index is 379. The first-order valence-electron chi connectivity index (χ1n) is 6.85. The molecule has 1 aromatic rings. The first-order valence-corrected chi connectivity index (χ1v) is 6.85. The fourth-order valence-corrected chi connectivity index (χ4v) is 2.26. The normalized spacial score (nSPS) is 11.2. The van der Waals surface area contributed by atoms with Crippen molar-refractivity contribution < 1.29 is 4.79 Å². The van der Waals surface area contributed by atoms with Gasteiger partial charge in [0.15, 0.2) is 0 Å². The standard InChI is InChI=1S/C15H25N3O/c1-4-15(5-2,12-16)18(3)14(19)17-11-13-9-7-6-8-10-13/h6-10H,4-5,11-12,16H2,1-3H3,(H,17,19). The van der Waals surface area contributed by atoms with Crippen molar-refractivity contribution in [2.75, 3.05) is 13.6 Å². The first-order chi connectivity index (χ1) is 9.09. The van der Waals surface area contributed by atoms with Crippen molar-refractivity contribution in [3.8, 4) is 0 Å². The molecule has 0 unspecified atom stereocenters. The highest BCUT2D eigenvalue weighted by Gasteiger charge is 2.32. The Hall–Kier alpha value is -1.55. The Morgan fingerprint density at radius 3 is 2.32 bits per heavy atom. The molecule has 0 saturated carbocycles. The molecule has 106 valence electrons. The lowest BCUT2D eigenvalue weighted by molar-refractivity contribution is 0.130. The molecule has 0 spiro atoms. The Morgan fingerprint density at radius 1 is 1.26 bits per heavy atom. The Morgan fingerprint density at radius 2 is 1.84 bits per heavy atom. The van der Waals surface area contributed by atoms with E-state index in [9.17, 15) is 4.79 Å². The fraction of sp³-hybridized carbons (Fsp3) is 0.533. The third-order valence-corrected chi connectivity index (χ3v) is 4.00. The molecule has 0 heterocycles. The highest BCUT2D eigenvalue weighted by molar-refractivity contribution is 5.74. The Labute approximate surface area is 116 Å². The topological polar surface area (TPSA) is 58.4 Å². The van der Waals surface area contributed by atoms with Crippen molar-refractivity contribution in [2.24, 2.45) is 5.73 Å². The summed E-state index contributed by atoms with van der Waals surface area (Å²) in [6, 6.07) is 9.82. The zero-order valence-corrected chi connectivity index (χ0v) is 12.1. The largest absolute Gasteiger partial charge is 0.334 e. The molecular formula is C15H25N3O. The van der Waals surface area contributed by atoms with Crippen LogP contribution in [-0.4, -0.2) is 30.1 Å². The van der Waals surface area contributed by atoms with Gasteiger partial charge in [0, 0.05) is 20.1 Å². The van der Waals surface area contributed by atoms with Crippen molar-refractivity contribution in [2.45, 2.75) is 38.8 Å². The molecule has 0 aliphatic heterocycles. The molecule has 0 aromatic heterocycles. The van der Waals surface area contributed by atoms with Crippen LogP contribution in [0.1, 0.15) is 32.3 Å². The number of hydrogen-bond donors (Lipinski definition) is 2. The zero-order valence-electron chi connectivity index (χ0n) is 12.1. The summed E-state index contributed by atoms with van der Waals surface area (Å²) in [5.41, 5.74) is 6.70. The highest BCUT2D eigenvalue weighted by atomic mass is 16.2. The predicted octanol–water partition coefficient (Wildman–Crippen LogP) is 2.35. The van der Waals surface area contributed by atoms with Crippen molar-refractivity contribution >= 4 is 6.03 Å². The minimum absolute atomic E-state index is 0.0713. The maximum absolute atomic E-state index is 12.2. The van der Waals surface area contributed by atoms with E-state index in [0.29, 0.717) is 13.1 Å². The van der Waals surface area contributed by atoms with Gasteiger partial charge in [-0.3, -0.25) is 0 Å². The van der Waals surface area contributed by atoms with Gasteiger partial charge in [-0.25, -0.2) is 4.79 Å². The summed E-state index contributed by atoms with van der Waals surface area (Å²) in [7, 11) is 1.82. The van der Waals surface area contributed by atoms with Gasteiger partial charge in [-0.05, 0) is 18.4 Å². The average molecular weight is 263 g/mol. The van der Waals surface area contributed by atoms with E-state index in [4.69, 9.17) is 5.73 Å². The number of rotatable bonds is 6. The van der Waals surface area contributed by atoms with Gasteiger partial charge >= 0.3 is 6.03 Å². The number of hydrogen-bond acceptors (Lipinski definition) is 2. The molecule has 0 saturated heterocycles. The lowest BCUT2D eigenvalue weighted by Gasteiger charge is -2.39. The number of urea groups is 1. The van der Waals surface area contributed by atoms with E-state index in [1.54, 1.807) is 4.90 Å². The van der Waals surface area contributed by atoms with Crippen LogP contribution in [0, 0.1) is 0 Å². The molecular weight excluding hydrogens is 238 g/mol. The zero-order chi connectivity index (χ0) is 14.3. The number of benzene rings is 1. The second-order valence-electron chi connectivity index (χ2n) is 4.84. The van der Waals surface area contributed by atoms with Gasteiger partial charge in [0.05, 0.1) is 5.54 Å². The van der Waals surface area contributed by atoms with Crippen molar-refractivity contribution in [3.05, 3.63) is 35.9 Å². The van der Waals surface area contributed by atoms with Crippen LogP contribution >= 0.6 is 0 Å². The van der Waals surface area contributed by atoms with Crippen LogP contribution in [0.5, 0.6) is 0 Å². The summed E-state index contributed by atoms with van der Waals surface area (Å²) in [5, 5.41) is 2.94. The number of carbonyl (C=O) groups is 1. The number of nitrogens with one attached hydrogen (secondary N) is 1. The second-order valence-corrected chi connectivity index (χ2v) is 4.84. The smallest absolute Gasteiger partial charge is 0.317 e. The Kier molecular flexibility index (Phi) is 5.83. The molecule has 3 N–H and O–H groups in total. The number of nitrogens with zero attached hydrogens (tertiary/aromatic N) is 1. The van der Waals surface area contributed by atoms with Crippen molar-refractivity contribution in [3.63, 3.8) is 0 Å². The van der Waals surface area contributed by atoms with Gasteiger partial charge in [-0.15, -0.1) is 0 Å². The average Bonchev–Trinajstić information content (AvgIpc) is 2.48. The lowest BCUT2D eigenvalue weighted by atomic mass is 9.91. The molecule has 0 atom stereocenters. The third-order valence-electron chi connectivity index (χ3n) is 4.00. The maximum atomic E-state index is 12.2. The molecule has 1 aromatic carbocycles. The van der Waals surface area contributed by atoms with E-state index in [1.165, 1.54) is 0 Å². The molecule has 1 rings (SSSR count). The summed E-state index contributed by atoms with van der Waals surface area (Å²) in [4.78, 5) is 13.9. The van der Waals surface area contributed by atoms with Crippen LogP contribution in [0.2, 0.25) is 0 Å². The van der Waals surface area contributed by atoms with Crippen LogP contribution in [-0.2, 0) is 6.54 Å². The number of likely N-dealkylation sites (N-methyl/N-ethyl adjacent to an activating group) is 1. The molecule has 0 fully saturated rings. The van der Waals surface area contributed by atoms with Gasteiger partial charge in [0.25, 0.3) is 0 Å². The quantitative estimate of drug-likeness (QED) is 0.827. The van der Waals surface area contributed by atoms with Crippen LogP contribution in [0.15, 0.2) is 30.3 Å². The summed E-state index contributed by atoms with van der Waals surface area (Å²) in [6.07, 6.45) is 1.71. The maximum Gasteiger partial charge on any atom is 0.317 e. The van der Waals surface area contributed by atoms with E-state index in [0.717, 1.165) is 18.4 Å². The predicted molar refractivity (Wildman–Crippen MR) is 78.8 cm³/mol. The molecule has 0 radical (unpaired) electrons. The summed E-state index contributed by atoms with van der Waals surface area (Å²) < 4.78 is 0. The second kappa shape index (κ2) is 7.14. The SMILES string of the molecule is CCC(CC)(CN)N(C)C(=O)NCc1ccccc1. The molecule has 4 heteroatoms. The number of carbonyl (C=O) groups excluding carboxylic acids is 1. The monoisotopic (exact) mass is 263 g/mol. The lowest BCUT2D eigenvalue weighted by Crippen LogP contribution is -2.56. The van der Waals surface area contributed by atoms with E-state index in [1.807, 2.05) is 37.4 Å². The van der Waals surface area contributed by atoms with Crippen LogP contribution < -0.4 is 11.1 Å². The molecule has 0 bridgehead atoms. The molecule has 4 nitrogen and oxygen atoms in total. The van der Waals surface area contributed by atoms with Gasteiger partial charge in [0.1, 0.15) is 0 Å². The summed E-state index contributed by atoms with van der Waals surface area (Å²) in [6.45, 7) is 5.15. The van der Waals surface area contributed by atoms with E-state index in [-0.39, 0.29) is 11.6 Å². The molecule has 19 heavy (non-hydrogen) atoms.